The summed E-state index contributed by atoms with van der Waals surface area (Å²) in [6.45, 7) is 0. The molecule has 138 valence electrons. The summed E-state index contributed by atoms with van der Waals surface area (Å²) in [6, 6.07) is 17.5. The molecule has 0 unspecified atom stereocenters. The first-order chi connectivity index (χ1) is 13.7. The molecule has 2 atom stereocenters. The number of rotatable bonds is 2. The van der Waals surface area contributed by atoms with Gasteiger partial charge in [-0.1, -0.05) is 36.4 Å². The number of pyridine rings is 1. The van der Waals surface area contributed by atoms with Gasteiger partial charge in [0, 0.05) is 18.0 Å². The molecule has 1 aromatic heterocycles. The van der Waals surface area contributed by atoms with Gasteiger partial charge < -0.3 is 10.4 Å². The average molecular weight is 387 g/mol. The maximum Gasteiger partial charge on any atom is 0.286 e. The maximum atomic E-state index is 12.4. The van der Waals surface area contributed by atoms with Crippen molar-refractivity contribution in [3.63, 3.8) is 0 Å². The first-order valence-electron chi connectivity index (χ1n) is 9.07. The fraction of sp³-hybridized carbons (Fsp3) is 0.136. The van der Waals surface area contributed by atoms with E-state index < -0.39 is 6.10 Å². The summed E-state index contributed by atoms with van der Waals surface area (Å²) in [7, 11) is 0. The topological polar surface area (TPSA) is 74.6 Å². The van der Waals surface area contributed by atoms with E-state index in [4.69, 9.17) is 0 Å². The van der Waals surface area contributed by atoms with Gasteiger partial charge in [-0.15, -0.1) is 0 Å². The predicted octanol–water partition coefficient (Wildman–Crippen LogP) is 3.45. The summed E-state index contributed by atoms with van der Waals surface area (Å²) in [6.07, 6.45) is 3.68. The predicted molar refractivity (Wildman–Crippen MR) is 112 cm³/mol. The first kappa shape index (κ1) is 17.2. The third-order valence-electron chi connectivity index (χ3n) is 5.03. The molecule has 2 aromatic carbocycles. The minimum atomic E-state index is -0.531. The lowest BCUT2D eigenvalue weighted by Gasteiger charge is -2.18. The number of aliphatic imine (C=N–C) groups is 1. The zero-order chi connectivity index (χ0) is 19.1. The van der Waals surface area contributed by atoms with Gasteiger partial charge in [-0.05, 0) is 52.7 Å². The molecule has 0 fully saturated rings. The third-order valence-corrected chi connectivity index (χ3v) is 5.94. The Kier molecular flexibility index (Phi) is 4.22. The monoisotopic (exact) mass is 387 g/mol. The van der Waals surface area contributed by atoms with Gasteiger partial charge in [-0.25, -0.2) is 0 Å². The molecule has 1 aliphatic heterocycles. The largest absolute Gasteiger partial charge is 0.390 e. The number of thioether (sulfide) groups is 1. The van der Waals surface area contributed by atoms with Crippen LogP contribution in [-0.4, -0.2) is 27.3 Å². The third kappa shape index (κ3) is 3.10. The van der Waals surface area contributed by atoms with E-state index in [2.05, 4.69) is 15.3 Å². The van der Waals surface area contributed by atoms with Crippen LogP contribution in [0.15, 0.2) is 70.7 Å². The highest BCUT2D eigenvalue weighted by Gasteiger charge is 2.33. The Bertz CT molecular complexity index is 1160. The van der Waals surface area contributed by atoms with Crippen molar-refractivity contribution in [1.82, 2.24) is 10.3 Å². The molecule has 5 nitrogen and oxygen atoms in total. The van der Waals surface area contributed by atoms with Crippen molar-refractivity contribution in [2.75, 3.05) is 0 Å². The fourth-order valence-corrected chi connectivity index (χ4v) is 4.54. The van der Waals surface area contributed by atoms with Crippen molar-refractivity contribution in [1.29, 1.82) is 0 Å². The Labute approximate surface area is 166 Å². The summed E-state index contributed by atoms with van der Waals surface area (Å²) in [4.78, 5) is 21.4. The van der Waals surface area contributed by atoms with E-state index in [1.54, 1.807) is 6.20 Å². The van der Waals surface area contributed by atoms with Crippen LogP contribution >= 0.6 is 11.8 Å². The number of benzene rings is 2. The number of amidine groups is 1. The average Bonchev–Trinajstić information content (AvgIpc) is 3.21. The van der Waals surface area contributed by atoms with Crippen molar-refractivity contribution < 1.29 is 9.90 Å². The van der Waals surface area contributed by atoms with E-state index in [1.807, 2.05) is 60.7 Å². The molecule has 0 bridgehead atoms. The highest BCUT2D eigenvalue weighted by atomic mass is 32.2. The molecule has 2 aliphatic rings. The summed E-state index contributed by atoms with van der Waals surface area (Å²) in [5.41, 5.74) is 4.04. The normalized spacial score (nSPS) is 22.5. The van der Waals surface area contributed by atoms with Gasteiger partial charge in [0.15, 0.2) is 5.17 Å². The zero-order valence-electron chi connectivity index (χ0n) is 14.9. The van der Waals surface area contributed by atoms with Crippen molar-refractivity contribution in [2.45, 2.75) is 18.6 Å². The van der Waals surface area contributed by atoms with Crippen LogP contribution in [0.1, 0.15) is 22.7 Å². The lowest BCUT2D eigenvalue weighted by atomic mass is 10.1. The number of aliphatic hydroxyl groups excluding tert-OH is 1. The van der Waals surface area contributed by atoms with E-state index in [0.717, 1.165) is 27.6 Å². The summed E-state index contributed by atoms with van der Waals surface area (Å²) in [5.74, 6) is -0.264. The maximum absolute atomic E-state index is 12.4. The Morgan fingerprint density at radius 3 is 2.96 bits per heavy atom. The van der Waals surface area contributed by atoms with Gasteiger partial charge in [0.25, 0.3) is 5.91 Å². The highest BCUT2D eigenvalue weighted by Crippen LogP contribution is 2.34. The molecule has 3 aromatic rings. The quantitative estimate of drug-likeness (QED) is 0.659. The van der Waals surface area contributed by atoms with Crippen LogP contribution in [0.4, 0.5) is 0 Å². The van der Waals surface area contributed by atoms with Crippen molar-refractivity contribution in [2.24, 2.45) is 4.99 Å². The Morgan fingerprint density at radius 2 is 2.04 bits per heavy atom. The molecule has 5 rings (SSSR count). The van der Waals surface area contributed by atoms with Crippen molar-refractivity contribution in [3.8, 4) is 0 Å². The van der Waals surface area contributed by atoms with Crippen LogP contribution in [0.5, 0.6) is 0 Å². The second-order valence-electron chi connectivity index (χ2n) is 6.88. The molecule has 2 N–H and O–H groups in total. The minimum Gasteiger partial charge on any atom is -0.390 e. The van der Waals surface area contributed by atoms with Gasteiger partial charge in [0.05, 0.1) is 22.6 Å². The second-order valence-corrected chi connectivity index (χ2v) is 7.91. The smallest absolute Gasteiger partial charge is 0.286 e. The fourth-order valence-electron chi connectivity index (χ4n) is 3.69. The number of aromatic nitrogens is 1. The lowest BCUT2D eigenvalue weighted by molar-refractivity contribution is -0.113. The van der Waals surface area contributed by atoms with Gasteiger partial charge >= 0.3 is 0 Å². The Morgan fingerprint density at radius 1 is 1.14 bits per heavy atom. The van der Waals surface area contributed by atoms with E-state index in [1.165, 1.54) is 11.8 Å². The molecular formula is C22H17N3O2S. The Hall–Kier alpha value is -2.96. The number of amides is 1. The number of hydrogen-bond acceptors (Lipinski definition) is 5. The van der Waals surface area contributed by atoms with Crippen LogP contribution in [0, 0.1) is 0 Å². The summed E-state index contributed by atoms with van der Waals surface area (Å²) >= 11 is 1.31. The molecule has 6 heteroatoms. The van der Waals surface area contributed by atoms with Gasteiger partial charge in [-0.3, -0.25) is 9.78 Å². The van der Waals surface area contributed by atoms with Crippen molar-refractivity contribution in [3.05, 3.63) is 82.4 Å². The molecule has 0 saturated carbocycles. The van der Waals surface area contributed by atoms with Gasteiger partial charge in [-0.2, -0.15) is 4.99 Å². The number of nitrogens with zero attached hydrogens (tertiary/aromatic N) is 2. The van der Waals surface area contributed by atoms with E-state index >= 15 is 0 Å². The van der Waals surface area contributed by atoms with Crippen LogP contribution in [0.3, 0.4) is 0 Å². The number of aliphatic hydroxyl groups is 1. The van der Waals surface area contributed by atoms with Gasteiger partial charge in [0.1, 0.15) is 0 Å². The molecule has 0 saturated heterocycles. The number of carbonyl (C=O) groups excluding carboxylic acids is 1. The van der Waals surface area contributed by atoms with Crippen LogP contribution in [-0.2, 0) is 11.2 Å². The van der Waals surface area contributed by atoms with Crippen LogP contribution in [0.25, 0.3) is 17.0 Å². The van der Waals surface area contributed by atoms with E-state index in [9.17, 15) is 9.90 Å². The summed E-state index contributed by atoms with van der Waals surface area (Å²) in [5, 5.41) is 15.2. The standard InChI is InChI=1S/C22H17N3O2S/c26-18-12-14-4-1-2-6-16(14)20(18)24-22-25-21(27)19(28-22)11-13-7-8-17-15(10-13)5-3-9-23-17/h1-11,18,20,26H,12H2,(H,24,25,27)/b19-11-/t18-,20+/m0/s1. The lowest BCUT2D eigenvalue weighted by Crippen LogP contribution is -2.31. The number of nitrogens with one attached hydrogen (secondary N) is 1. The van der Waals surface area contributed by atoms with Gasteiger partial charge in [0.2, 0.25) is 0 Å². The summed E-state index contributed by atoms with van der Waals surface area (Å²) < 4.78 is 0. The molecule has 28 heavy (non-hydrogen) atoms. The molecule has 0 radical (unpaired) electrons. The van der Waals surface area contributed by atoms with E-state index in [0.29, 0.717) is 16.5 Å². The zero-order valence-corrected chi connectivity index (χ0v) is 15.7. The molecule has 1 aliphatic carbocycles. The number of hydrogen-bond donors (Lipinski definition) is 2. The van der Waals surface area contributed by atoms with Crippen molar-refractivity contribution >= 4 is 39.8 Å². The molecular weight excluding hydrogens is 370 g/mol. The minimum absolute atomic E-state index is 0.249. The highest BCUT2D eigenvalue weighted by molar-refractivity contribution is 8.18. The van der Waals surface area contributed by atoms with E-state index in [-0.39, 0.29) is 11.9 Å². The van der Waals surface area contributed by atoms with Crippen LogP contribution < -0.4 is 5.32 Å². The number of fused-ring (bicyclic) bond motifs is 2. The molecule has 0 spiro atoms. The SMILES string of the molecule is O=C1N=C(N[C@@H]2c3ccccc3C[C@@H]2O)S/C1=C\c1ccc2ncccc2c1. The second kappa shape index (κ2) is 6.89. The number of carbonyl (C=O) groups is 1. The van der Waals surface area contributed by atoms with Crippen LogP contribution in [0.2, 0.25) is 0 Å². The molecule has 2 heterocycles. The Balaban J connectivity index is 1.36. The first-order valence-corrected chi connectivity index (χ1v) is 9.89. The molecule has 1 amide bonds.